The SMILES string of the molecule is Brc1ccccc1-c1csc(-c2ccccn2)n1. The van der Waals surface area contributed by atoms with E-state index in [2.05, 4.69) is 37.3 Å². The maximum Gasteiger partial charge on any atom is 0.142 e. The molecular formula is C14H9BrN2S. The van der Waals surface area contributed by atoms with Gasteiger partial charge >= 0.3 is 0 Å². The summed E-state index contributed by atoms with van der Waals surface area (Å²) in [4.78, 5) is 8.95. The molecule has 0 fully saturated rings. The fourth-order valence-corrected chi connectivity index (χ4v) is 2.96. The Morgan fingerprint density at radius 3 is 2.56 bits per heavy atom. The molecule has 2 aromatic heterocycles. The number of hydrogen-bond donors (Lipinski definition) is 0. The number of hydrogen-bond acceptors (Lipinski definition) is 3. The summed E-state index contributed by atoms with van der Waals surface area (Å²) in [6.45, 7) is 0. The van der Waals surface area contributed by atoms with Crippen LogP contribution in [-0.4, -0.2) is 9.97 Å². The van der Waals surface area contributed by atoms with E-state index in [-0.39, 0.29) is 0 Å². The zero-order valence-corrected chi connectivity index (χ0v) is 11.8. The van der Waals surface area contributed by atoms with Gasteiger partial charge in [-0.2, -0.15) is 0 Å². The summed E-state index contributed by atoms with van der Waals surface area (Å²) in [5.41, 5.74) is 3.00. The van der Waals surface area contributed by atoms with E-state index in [9.17, 15) is 0 Å². The molecule has 2 heterocycles. The Kier molecular flexibility index (Phi) is 3.21. The molecule has 1 aromatic carbocycles. The molecule has 0 aliphatic rings. The second-order valence-electron chi connectivity index (χ2n) is 3.73. The van der Waals surface area contributed by atoms with E-state index in [1.54, 1.807) is 17.5 Å². The molecule has 4 heteroatoms. The van der Waals surface area contributed by atoms with Crippen LogP contribution in [0.3, 0.4) is 0 Å². The second-order valence-corrected chi connectivity index (χ2v) is 5.45. The van der Waals surface area contributed by atoms with Gasteiger partial charge in [-0.1, -0.05) is 40.2 Å². The van der Waals surface area contributed by atoms with Crippen molar-refractivity contribution in [2.24, 2.45) is 0 Å². The number of nitrogens with zero attached hydrogens (tertiary/aromatic N) is 2. The first-order valence-corrected chi connectivity index (χ1v) is 7.14. The first-order chi connectivity index (χ1) is 8.84. The largest absolute Gasteiger partial charge is 0.254 e. The third-order valence-electron chi connectivity index (χ3n) is 2.54. The van der Waals surface area contributed by atoms with Crippen molar-refractivity contribution in [3.05, 3.63) is 58.5 Å². The summed E-state index contributed by atoms with van der Waals surface area (Å²) in [7, 11) is 0. The van der Waals surface area contributed by atoms with Crippen molar-refractivity contribution in [1.82, 2.24) is 9.97 Å². The molecule has 0 aliphatic heterocycles. The predicted octanol–water partition coefficient (Wildman–Crippen LogP) is 4.63. The summed E-state index contributed by atoms with van der Waals surface area (Å²) in [5, 5.41) is 3.01. The molecular weight excluding hydrogens is 308 g/mol. The van der Waals surface area contributed by atoms with Crippen molar-refractivity contribution in [3.8, 4) is 22.0 Å². The zero-order valence-electron chi connectivity index (χ0n) is 9.38. The normalized spacial score (nSPS) is 10.5. The van der Waals surface area contributed by atoms with Gasteiger partial charge in [-0.25, -0.2) is 4.98 Å². The van der Waals surface area contributed by atoms with Gasteiger partial charge in [-0.05, 0) is 18.2 Å². The third kappa shape index (κ3) is 2.21. The van der Waals surface area contributed by atoms with Crippen molar-refractivity contribution in [3.63, 3.8) is 0 Å². The number of halogens is 1. The first kappa shape index (κ1) is 11.6. The van der Waals surface area contributed by atoms with Gasteiger partial charge in [0.2, 0.25) is 0 Å². The maximum absolute atomic E-state index is 4.64. The average molecular weight is 317 g/mol. The summed E-state index contributed by atoms with van der Waals surface area (Å²) in [6, 6.07) is 14.0. The van der Waals surface area contributed by atoms with Gasteiger partial charge in [-0.3, -0.25) is 4.98 Å². The lowest BCUT2D eigenvalue weighted by molar-refractivity contribution is 1.29. The van der Waals surface area contributed by atoms with Gasteiger partial charge in [0, 0.05) is 21.6 Å². The van der Waals surface area contributed by atoms with Gasteiger partial charge in [0.15, 0.2) is 0 Å². The van der Waals surface area contributed by atoms with Crippen molar-refractivity contribution >= 4 is 27.3 Å². The van der Waals surface area contributed by atoms with Crippen LogP contribution in [0.25, 0.3) is 22.0 Å². The summed E-state index contributed by atoms with van der Waals surface area (Å²) < 4.78 is 1.06. The van der Waals surface area contributed by atoms with Crippen LogP contribution < -0.4 is 0 Å². The van der Waals surface area contributed by atoms with E-state index in [1.807, 2.05) is 36.4 Å². The van der Waals surface area contributed by atoms with Crippen LogP contribution in [0.15, 0.2) is 58.5 Å². The Morgan fingerprint density at radius 1 is 0.944 bits per heavy atom. The molecule has 0 bridgehead atoms. The predicted molar refractivity (Wildman–Crippen MR) is 78.5 cm³/mol. The van der Waals surface area contributed by atoms with Gasteiger partial charge in [0.1, 0.15) is 5.01 Å². The van der Waals surface area contributed by atoms with E-state index >= 15 is 0 Å². The van der Waals surface area contributed by atoms with Gasteiger partial charge < -0.3 is 0 Å². The minimum Gasteiger partial charge on any atom is -0.254 e. The smallest absolute Gasteiger partial charge is 0.142 e. The van der Waals surface area contributed by atoms with Crippen LogP contribution in [0.2, 0.25) is 0 Å². The minimum atomic E-state index is 0.917. The zero-order chi connectivity index (χ0) is 12.4. The number of aromatic nitrogens is 2. The van der Waals surface area contributed by atoms with E-state index < -0.39 is 0 Å². The molecule has 3 rings (SSSR count). The lowest BCUT2D eigenvalue weighted by atomic mass is 10.2. The highest BCUT2D eigenvalue weighted by molar-refractivity contribution is 9.10. The molecule has 0 radical (unpaired) electrons. The lowest BCUT2D eigenvalue weighted by Gasteiger charge is -1.99. The van der Waals surface area contributed by atoms with Crippen molar-refractivity contribution in [2.45, 2.75) is 0 Å². The van der Waals surface area contributed by atoms with Gasteiger partial charge in [-0.15, -0.1) is 11.3 Å². The topological polar surface area (TPSA) is 25.8 Å². The molecule has 2 nitrogen and oxygen atoms in total. The summed E-state index contributed by atoms with van der Waals surface area (Å²) >= 11 is 5.16. The Balaban J connectivity index is 2.03. The molecule has 0 amide bonds. The molecule has 0 aliphatic carbocycles. The maximum atomic E-state index is 4.64. The standard InChI is InChI=1S/C14H9BrN2S/c15-11-6-2-1-5-10(11)13-9-18-14(17-13)12-7-3-4-8-16-12/h1-9H. The van der Waals surface area contributed by atoms with Crippen LogP contribution in [0, 0.1) is 0 Å². The lowest BCUT2D eigenvalue weighted by Crippen LogP contribution is -1.82. The molecule has 0 saturated heterocycles. The average Bonchev–Trinajstić information content (AvgIpc) is 2.90. The Bertz CT molecular complexity index is 664. The summed E-state index contributed by atoms with van der Waals surface area (Å²) in [5.74, 6) is 0. The number of pyridine rings is 1. The van der Waals surface area contributed by atoms with Crippen LogP contribution >= 0.6 is 27.3 Å². The van der Waals surface area contributed by atoms with Gasteiger partial charge in [0.25, 0.3) is 0 Å². The van der Waals surface area contributed by atoms with Gasteiger partial charge in [0.05, 0.1) is 11.4 Å². The number of rotatable bonds is 2. The van der Waals surface area contributed by atoms with Crippen LogP contribution in [-0.2, 0) is 0 Å². The fraction of sp³-hybridized carbons (Fsp3) is 0. The second kappa shape index (κ2) is 5.00. The van der Waals surface area contributed by atoms with E-state index in [1.165, 1.54) is 0 Å². The Labute approximate surface area is 117 Å². The molecule has 0 unspecified atom stereocenters. The minimum absolute atomic E-state index is 0.917. The fourth-order valence-electron chi connectivity index (χ4n) is 1.67. The van der Waals surface area contributed by atoms with Crippen molar-refractivity contribution < 1.29 is 0 Å². The Morgan fingerprint density at radius 2 is 1.78 bits per heavy atom. The highest BCUT2D eigenvalue weighted by Gasteiger charge is 2.09. The molecule has 0 N–H and O–H groups in total. The van der Waals surface area contributed by atoms with Crippen LogP contribution in [0.4, 0.5) is 0 Å². The van der Waals surface area contributed by atoms with E-state index in [0.29, 0.717) is 0 Å². The molecule has 0 saturated carbocycles. The number of thiazole rings is 1. The monoisotopic (exact) mass is 316 g/mol. The molecule has 0 atom stereocenters. The summed E-state index contributed by atoms with van der Waals surface area (Å²) in [6.07, 6.45) is 1.79. The third-order valence-corrected chi connectivity index (χ3v) is 4.09. The highest BCUT2D eigenvalue weighted by atomic mass is 79.9. The van der Waals surface area contributed by atoms with E-state index in [4.69, 9.17) is 0 Å². The Hall–Kier alpha value is -1.52. The highest BCUT2D eigenvalue weighted by Crippen LogP contribution is 2.31. The van der Waals surface area contributed by atoms with Crippen LogP contribution in [0.1, 0.15) is 0 Å². The first-order valence-electron chi connectivity index (χ1n) is 5.46. The molecule has 18 heavy (non-hydrogen) atoms. The van der Waals surface area contributed by atoms with Crippen LogP contribution in [0.5, 0.6) is 0 Å². The van der Waals surface area contributed by atoms with E-state index in [0.717, 1.165) is 26.4 Å². The number of benzene rings is 1. The quantitative estimate of drug-likeness (QED) is 0.688. The van der Waals surface area contributed by atoms with Crippen molar-refractivity contribution in [1.29, 1.82) is 0 Å². The molecule has 3 aromatic rings. The molecule has 88 valence electrons. The van der Waals surface area contributed by atoms with Crippen molar-refractivity contribution in [2.75, 3.05) is 0 Å². The molecule has 0 spiro atoms.